The van der Waals surface area contributed by atoms with Crippen molar-refractivity contribution >= 4 is 29.2 Å². The van der Waals surface area contributed by atoms with Crippen LogP contribution in [0.5, 0.6) is 0 Å². The molecule has 34 valence electrons. The van der Waals surface area contributed by atoms with Gasteiger partial charge in [0.2, 0.25) is 0 Å². The second-order valence-electron chi connectivity index (χ2n) is 0.357. The van der Waals surface area contributed by atoms with Gasteiger partial charge < -0.3 is 7.96 Å². The molecule has 0 aliphatic carbocycles. The fourth-order valence-corrected chi connectivity index (χ4v) is 0. The molecule has 2 N–H and O–H groups in total. The first kappa shape index (κ1) is 9.37. The largest absolute Gasteiger partial charge is 2.00 e. The third-order valence-electron chi connectivity index (χ3n) is 0.0781. The molecule has 0 aliphatic rings. The van der Waals surface area contributed by atoms with Gasteiger partial charge in [-0.3, -0.25) is 4.89 Å². The molecule has 0 amide bonds. The van der Waals surface area contributed by atoms with Crippen molar-refractivity contribution in [2.45, 2.75) is 0 Å². The Morgan fingerprint density at radius 1 is 1.83 bits per heavy atom. The molecule has 0 atom stereocenters. The Kier molecular flexibility index (Phi) is 7.80. The van der Waals surface area contributed by atoms with Crippen LogP contribution in [0, 0.1) is 0 Å². The monoisotopic (exact) mass is 104 g/mol. The Morgan fingerprint density at radius 3 is 2.00 bits per heavy atom. The molecule has 0 aromatic rings. The molecule has 0 fully saturated rings. The molecule has 6 heavy (non-hydrogen) atoms. The molecule has 0 aromatic carbocycles. The van der Waals surface area contributed by atoms with Gasteiger partial charge in [0.05, 0.1) is 0 Å². The minimum Gasteiger partial charge on any atom is -1.00 e. The van der Waals surface area contributed by atoms with E-state index in [9.17, 15) is 0 Å². The second kappa shape index (κ2) is 5.00. The summed E-state index contributed by atoms with van der Waals surface area (Å²) in [4.78, 5) is 11.6. The fourth-order valence-electron chi connectivity index (χ4n) is 0. The van der Waals surface area contributed by atoms with Crippen molar-refractivity contribution in [3.05, 3.63) is 0 Å². The molecule has 0 saturated carbocycles. The van der Waals surface area contributed by atoms with E-state index in [1.165, 1.54) is 0 Å². The second-order valence-corrected chi connectivity index (χ2v) is 0.357. The maximum absolute atomic E-state index is 8.90. The average molecular weight is 104 g/mol. The molecule has 4 nitrogen and oxygen atoms in total. The van der Waals surface area contributed by atoms with Gasteiger partial charge in [-0.1, -0.05) is 0 Å². The van der Waals surface area contributed by atoms with E-state index in [0.717, 1.165) is 0 Å². The molecule has 0 saturated heterocycles. The van der Waals surface area contributed by atoms with Gasteiger partial charge in [0.15, 0.2) is 0 Å². The molecule has 0 unspecified atom stereocenters. The van der Waals surface area contributed by atoms with Crippen LogP contribution in [-0.4, -0.2) is 39.6 Å². The molecule has 0 heterocycles. The normalized spacial score (nSPS) is 5.50. The van der Waals surface area contributed by atoms with E-state index in [1.54, 1.807) is 0 Å². The number of carbonyl (C=O) groups is 1. The van der Waals surface area contributed by atoms with Crippen molar-refractivity contribution in [3.63, 3.8) is 0 Å². The summed E-state index contributed by atoms with van der Waals surface area (Å²) in [6.07, 6.45) is -1.69. The molecule has 0 aromatic heterocycles. The number of carboxylic acid groups (broad SMARTS) is 1. The van der Waals surface area contributed by atoms with Gasteiger partial charge in [0, 0.05) is 0 Å². The quantitative estimate of drug-likeness (QED) is 0.258. The number of hydrogen-bond donors (Lipinski definition) is 2. The van der Waals surface area contributed by atoms with Crippen LogP contribution in [0.4, 0.5) is 4.79 Å². The maximum atomic E-state index is 8.90. The van der Waals surface area contributed by atoms with E-state index >= 15 is 0 Å². The Balaban J connectivity index is -0.0000000267. The zero-order valence-electron chi connectivity index (χ0n) is 4.92. The van der Waals surface area contributed by atoms with Gasteiger partial charge in [-0.25, -0.2) is 4.79 Å². The van der Waals surface area contributed by atoms with Crippen LogP contribution in [0.2, 0.25) is 0 Å². The minimum absolute atomic E-state index is 0. The summed E-state index contributed by atoms with van der Waals surface area (Å²) in [7, 11) is 0. The van der Waals surface area contributed by atoms with Crippen LogP contribution in [0.15, 0.2) is 0 Å². The van der Waals surface area contributed by atoms with Gasteiger partial charge in [-0.15, -0.1) is 0 Å². The fraction of sp³-hybridized carbons (Fsp3) is 0. The Bertz CT molecular complexity index is 49.3. The van der Waals surface area contributed by atoms with Crippen LogP contribution >= 0.6 is 0 Å². The summed E-state index contributed by atoms with van der Waals surface area (Å²) >= 11 is 0. The predicted molar refractivity (Wildman–Crippen MR) is 19.7 cm³/mol. The zero-order chi connectivity index (χ0) is 4.28. The van der Waals surface area contributed by atoms with Gasteiger partial charge >= 0.3 is 29.2 Å². The molecule has 0 spiro atoms. The molecule has 0 rings (SSSR count). The maximum Gasteiger partial charge on any atom is 2.00 e. The molecule has 0 aliphatic heterocycles. The standard InChI is InChI=1S/CH2O4.Mg.2H/c2-1(3)5-4;;;/h4H,(H,2,3);;;/q;+2;2*-1. The van der Waals surface area contributed by atoms with E-state index in [0.29, 0.717) is 0 Å². The van der Waals surface area contributed by atoms with E-state index < -0.39 is 6.16 Å². The molecule has 5 heteroatoms. The summed E-state index contributed by atoms with van der Waals surface area (Å²) in [6.45, 7) is 0. The average Bonchev–Trinajstić information content (AvgIpc) is 1.38. The van der Waals surface area contributed by atoms with Gasteiger partial charge in [0.25, 0.3) is 0 Å². The Morgan fingerprint density at radius 2 is 2.00 bits per heavy atom. The summed E-state index contributed by atoms with van der Waals surface area (Å²) < 4.78 is 0. The van der Waals surface area contributed by atoms with Crippen LogP contribution in [-0.2, 0) is 4.89 Å². The first-order valence-electron chi connectivity index (χ1n) is 0.814. The van der Waals surface area contributed by atoms with Crippen LogP contribution in [0.1, 0.15) is 2.85 Å². The first-order valence-corrected chi connectivity index (χ1v) is 0.814. The third-order valence-corrected chi connectivity index (χ3v) is 0.0781. The van der Waals surface area contributed by atoms with Crippen molar-refractivity contribution in [1.29, 1.82) is 0 Å². The SMILES string of the molecule is O=C(O)OO.[H-].[H-].[Mg+2]. The molecular weight excluding hydrogens is 100 g/mol. The van der Waals surface area contributed by atoms with E-state index in [2.05, 4.69) is 4.89 Å². The molecule has 0 bridgehead atoms. The van der Waals surface area contributed by atoms with Crippen LogP contribution < -0.4 is 0 Å². The molecular formula is CH4MgO4. The predicted octanol–water partition coefficient (Wildman–Crippen LogP) is -0.00180. The Hall–Kier alpha value is -0.00377. The van der Waals surface area contributed by atoms with Crippen molar-refractivity contribution in [3.8, 4) is 0 Å². The van der Waals surface area contributed by atoms with E-state index in [1.807, 2.05) is 0 Å². The van der Waals surface area contributed by atoms with Crippen molar-refractivity contribution in [1.82, 2.24) is 0 Å². The molecule has 0 radical (unpaired) electrons. The van der Waals surface area contributed by atoms with Crippen LogP contribution in [0.3, 0.4) is 0 Å². The summed E-state index contributed by atoms with van der Waals surface area (Å²) in [6, 6.07) is 0. The van der Waals surface area contributed by atoms with Crippen LogP contribution in [0.25, 0.3) is 0 Å². The van der Waals surface area contributed by atoms with E-state index in [-0.39, 0.29) is 25.9 Å². The van der Waals surface area contributed by atoms with Crippen molar-refractivity contribution in [2.24, 2.45) is 0 Å². The Labute approximate surface area is 52.8 Å². The third kappa shape index (κ3) is 9.00. The van der Waals surface area contributed by atoms with E-state index in [4.69, 9.17) is 15.2 Å². The smallest absolute Gasteiger partial charge is 1.00 e. The summed E-state index contributed by atoms with van der Waals surface area (Å²) in [5.74, 6) is 0. The first-order chi connectivity index (χ1) is 2.27. The topological polar surface area (TPSA) is 66.8 Å². The van der Waals surface area contributed by atoms with Crippen molar-refractivity contribution < 1.29 is 22.9 Å². The number of rotatable bonds is 0. The van der Waals surface area contributed by atoms with Gasteiger partial charge in [-0.05, 0) is 0 Å². The van der Waals surface area contributed by atoms with Crippen molar-refractivity contribution in [2.75, 3.05) is 0 Å². The minimum atomic E-state index is -1.69. The summed E-state index contributed by atoms with van der Waals surface area (Å²) in [5.41, 5.74) is 0. The zero-order valence-corrected chi connectivity index (χ0v) is 4.33. The van der Waals surface area contributed by atoms with Gasteiger partial charge in [-0.2, -0.15) is 5.26 Å². The van der Waals surface area contributed by atoms with Gasteiger partial charge in [0.1, 0.15) is 0 Å². The summed E-state index contributed by atoms with van der Waals surface area (Å²) in [5, 5.41) is 14.3. The number of hydrogen-bond acceptors (Lipinski definition) is 3.